The second-order valence-electron chi connectivity index (χ2n) is 19.0. The van der Waals surface area contributed by atoms with Crippen molar-refractivity contribution in [3.05, 3.63) is 88.5 Å². The van der Waals surface area contributed by atoms with Gasteiger partial charge in [0, 0.05) is 23.6 Å². The summed E-state index contributed by atoms with van der Waals surface area (Å²) in [4.78, 5) is 52.5. The number of benzene rings is 2. The second kappa shape index (κ2) is 16.3. The summed E-state index contributed by atoms with van der Waals surface area (Å²) in [6, 6.07) is 16.5. The summed E-state index contributed by atoms with van der Waals surface area (Å²) in [5, 5.41) is 23.2. The first kappa shape index (κ1) is 42.5. The maximum atomic E-state index is 14.2. The lowest BCUT2D eigenvalue weighted by molar-refractivity contribution is -0.234. The van der Waals surface area contributed by atoms with Crippen LogP contribution < -0.4 is 0 Å². The predicted octanol–water partition coefficient (Wildman–Crippen LogP) is 8.65. The molecular formula is C48H62O9. The van der Waals surface area contributed by atoms with Gasteiger partial charge in [0.2, 0.25) is 6.79 Å². The number of carbonyl (C=O) groups is 4. The fourth-order valence-corrected chi connectivity index (χ4v) is 11.7. The van der Waals surface area contributed by atoms with Crippen LogP contribution in [-0.4, -0.2) is 59.0 Å². The molecular weight excluding hydrogens is 721 g/mol. The smallest absolute Gasteiger partial charge is 0.336 e. The van der Waals surface area contributed by atoms with E-state index < -0.39 is 47.7 Å². The molecule has 10 atom stereocenters. The number of hydrogen-bond donors (Lipinski definition) is 2. The summed E-state index contributed by atoms with van der Waals surface area (Å²) >= 11 is 0. The van der Waals surface area contributed by atoms with Gasteiger partial charge in [-0.3, -0.25) is 14.4 Å². The molecule has 0 unspecified atom stereocenters. The minimum Gasteiger partial charge on any atom is -0.458 e. The SMILES string of the molecule is CC(=O)O[C@H]1C[C@@]2(C)[C@@H](C[C@@H](O)[C@H]3[C@@]4(C)CC[C@@H](O)[C@@H](C)[C@@H]4CC[C@@]32C)/C1=C(\CC/C=C/c1ccc(C(=O)c2ccccc2)cc1)C(=O)OCOC(=O)C(C)(C)C. The Kier molecular flexibility index (Phi) is 12.1. The number of rotatable bonds is 10. The zero-order valence-electron chi connectivity index (χ0n) is 35.0. The fraction of sp³-hybridized carbons (Fsp3) is 0.583. The van der Waals surface area contributed by atoms with Crippen LogP contribution in [0.3, 0.4) is 0 Å². The van der Waals surface area contributed by atoms with Crippen LogP contribution in [0.5, 0.6) is 0 Å². The Morgan fingerprint density at radius 3 is 2.18 bits per heavy atom. The number of fused-ring (bicyclic) bond motifs is 5. The lowest BCUT2D eigenvalue weighted by atomic mass is 9.36. The normalized spacial score (nSPS) is 34.4. The fourth-order valence-electron chi connectivity index (χ4n) is 11.7. The van der Waals surface area contributed by atoms with E-state index in [9.17, 15) is 29.4 Å². The number of hydrogen-bond acceptors (Lipinski definition) is 9. The summed E-state index contributed by atoms with van der Waals surface area (Å²) in [6.45, 7) is 15.0. The van der Waals surface area contributed by atoms with Gasteiger partial charge in [0.1, 0.15) is 6.10 Å². The average molecular weight is 783 g/mol. The lowest BCUT2D eigenvalue weighted by Crippen LogP contribution is -2.65. The first-order valence-electron chi connectivity index (χ1n) is 20.8. The highest BCUT2D eigenvalue weighted by Crippen LogP contribution is 2.74. The summed E-state index contributed by atoms with van der Waals surface area (Å²) < 4.78 is 17.1. The van der Waals surface area contributed by atoms with Gasteiger partial charge >= 0.3 is 17.9 Å². The number of ketones is 1. The topological polar surface area (TPSA) is 136 Å². The van der Waals surface area contributed by atoms with Gasteiger partial charge in [0.15, 0.2) is 5.78 Å². The molecule has 0 spiro atoms. The Hall–Kier alpha value is -4.08. The van der Waals surface area contributed by atoms with Crippen molar-refractivity contribution in [1.29, 1.82) is 0 Å². The first-order valence-corrected chi connectivity index (χ1v) is 20.8. The molecule has 2 aromatic rings. The molecule has 308 valence electrons. The van der Waals surface area contributed by atoms with Crippen molar-refractivity contribution in [3.8, 4) is 0 Å². The monoisotopic (exact) mass is 782 g/mol. The maximum Gasteiger partial charge on any atom is 0.336 e. The van der Waals surface area contributed by atoms with E-state index >= 15 is 0 Å². The lowest BCUT2D eigenvalue weighted by Gasteiger charge is -2.69. The number of ether oxygens (including phenoxy) is 3. The van der Waals surface area contributed by atoms with E-state index in [4.69, 9.17) is 14.2 Å². The van der Waals surface area contributed by atoms with Crippen molar-refractivity contribution in [1.82, 2.24) is 0 Å². The number of esters is 3. The van der Waals surface area contributed by atoms with Crippen LogP contribution in [0.1, 0.15) is 128 Å². The standard InChI is InChI=1S/C48H62O9/c1-29-35-22-25-47(7)42(46(35,6)24-23-37(29)50)38(51)26-36-40(39(57-30(2)49)27-48(36,47)8)34(43(53)55-28-56-44(54)45(3,4)5)17-13-12-14-31-18-20-33(21-19-31)41(52)32-15-10-9-11-16-32/h9-12,14-16,18-21,29,35-39,42,50-51H,13,17,22-28H2,1-8H3/b14-12+,40-34-/t29-,35-,36-,37+,38+,39-,42-,46-,47-,48-/m0/s1. The van der Waals surface area contributed by atoms with Crippen LogP contribution in [0.15, 0.2) is 71.8 Å². The van der Waals surface area contributed by atoms with Gasteiger partial charge in [-0.15, -0.1) is 0 Å². The Balaban J connectivity index is 1.32. The molecule has 4 saturated carbocycles. The summed E-state index contributed by atoms with van der Waals surface area (Å²) in [5.41, 5.74) is 1.41. The van der Waals surface area contributed by atoms with E-state index in [1.54, 1.807) is 45.0 Å². The van der Waals surface area contributed by atoms with Crippen molar-refractivity contribution in [2.24, 2.45) is 45.3 Å². The van der Waals surface area contributed by atoms with E-state index in [-0.39, 0.29) is 52.8 Å². The van der Waals surface area contributed by atoms with Crippen molar-refractivity contribution < 1.29 is 43.6 Å². The van der Waals surface area contributed by atoms with Gasteiger partial charge in [-0.2, -0.15) is 0 Å². The molecule has 0 heterocycles. The largest absolute Gasteiger partial charge is 0.458 e. The Bertz CT molecular complexity index is 1890. The van der Waals surface area contributed by atoms with Crippen molar-refractivity contribution in [2.45, 2.75) is 125 Å². The number of carbonyl (C=O) groups excluding carboxylic acids is 4. The molecule has 0 bridgehead atoms. The minimum atomic E-state index is -0.784. The number of aliphatic hydroxyl groups excluding tert-OH is 2. The van der Waals surface area contributed by atoms with E-state index in [0.717, 1.165) is 24.8 Å². The molecule has 4 aliphatic rings. The maximum absolute atomic E-state index is 14.2. The molecule has 4 fully saturated rings. The van der Waals surface area contributed by atoms with Crippen LogP contribution in [-0.2, 0) is 28.6 Å². The highest BCUT2D eigenvalue weighted by atomic mass is 16.7. The number of allylic oxidation sites excluding steroid dienone is 1. The van der Waals surface area contributed by atoms with Crippen LogP contribution in [0, 0.1) is 45.3 Å². The Labute approximate surface area is 338 Å². The first-order chi connectivity index (χ1) is 26.8. The molecule has 0 aromatic heterocycles. The van der Waals surface area contributed by atoms with Gasteiger partial charge in [0.25, 0.3) is 0 Å². The molecule has 2 aromatic carbocycles. The van der Waals surface area contributed by atoms with E-state index in [0.29, 0.717) is 48.0 Å². The van der Waals surface area contributed by atoms with Gasteiger partial charge in [-0.1, -0.05) is 94.4 Å². The number of aliphatic hydroxyl groups is 2. The van der Waals surface area contributed by atoms with Gasteiger partial charge < -0.3 is 24.4 Å². The molecule has 9 nitrogen and oxygen atoms in total. The third-order valence-electron chi connectivity index (χ3n) is 14.7. The van der Waals surface area contributed by atoms with Crippen LogP contribution in [0.25, 0.3) is 6.08 Å². The molecule has 2 N–H and O–H groups in total. The van der Waals surface area contributed by atoms with Gasteiger partial charge in [0.05, 0.1) is 17.6 Å². The zero-order chi connectivity index (χ0) is 41.5. The van der Waals surface area contributed by atoms with E-state index in [1.165, 1.54) is 6.92 Å². The van der Waals surface area contributed by atoms with Crippen LogP contribution >= 0.6 is 0 Å². The van der Waals surface area contributed by atoms with Gasteiger partial charge in [-0.25, -0.2) is 4.79 Å². The molecule has 9 heteroatoms. The minimum absolute atomic E-state index is 0.0400. The third-order valence-corrected chi connectivity index (χ3v) is 14.7. The summed E-state index contributed by atoms with van der Waals surface area (Å²) in [6.07, 6.45) is 7.11. The van der Waals surface area contributed by atoms with Crippen molar-refractivity contribution in [3.63, 3.8) is 0 Å². The zero-order valence-corrected chi connectivity index (χ0v) is 35.0. The molecule has 0 saturated heterocycles. The van der Waals surface area contributed by atoms with Crippen LogP contribution in [0.2, 0.25) is 0 Å². The highest BCUT2D eigenvalue weighted by molar-refractivity contribution is 6.09. The second-order valence-corrected chi connectivity index (χ2v) is 19.0. The predicted molar refractivity (Wildman–Crippen MR) is 217 cm³/mol. The van der Waals surface area contributed by atoms with Crippen molar-refractivity contribution >= 4 is 29.8 Å². The average Bonchev–Trinajstić information content (AvgIpc) is 3.43. The van der Waals surface area contributed by atoms with E-state index in [1.807, 2.05) is 42.5 Å². The molecule has 57 heavy (non-hydrogen) atoms. The molecule has 0 radical (unpaired) electrons. The summed E-state index contributed by atoms with van der Waals surface area (Å²) in [7, 11) is 0. The quantitative estimate of drug-likeness (QED) is 0.105. The van der Waals surface area contributed by atoms with Crippen LogP contribution in [0.4, 0.5) is 0 Å². The Morgan fingerprint density at radius 2 is 1.53 bits per heavy atom. The van der Waals surface area contributed by atoms with E-state index in [2.05, 4.69) is 27.7 Å². The third kappa shape index (κ3) is 8.03. The molecule has 0 aliphatic heterocycles. The molecule has 4 aliphatic carbocycles. The van der Waals surface area contributed by atoms with Gasteiger partial charge in [-0.05, 0) is 123 Å². The highest BCUT2D eigenvalue weighted by Gasteiger charge is 2.71. The Morgan fingerprint density at radius 1 is 0.860 bits per heavy atom. The van der Waals surface area contributed by atoms with Crippen molar-refractivity contribution in [2.75, 3.05) is 6.79 Å². The summed E-state index contributed by atoms with van der Waals surface area (Å²) in [5.74, 6) is -1.55. The molecule has 6 rings (SSSR count). The molecule has 0 amide bonds.